The number of fused-ring (bicyclic) bond motifs is 1. The Morgan fingerprint density at radius 3 is 2.93 bits per heavy atom. The minimum Gasteiger partial charge on any atom is -0.319 e. The van der Waals surface area contributed by atoms with Gasteiger partial charge in [0.25, 0.3) is 11.6 Å². The molecule has 0 spiro atoms. The summed E-state index contributed by atoms with van der Waals surface area (Å²) in [5.74, 6) is -0.438. The van der Waals surface area contributed by atoms with E-state index in [1.807, 2.05) is 0 Å². The van der Waals surface area contributed by atoms with E-state index in [1.54, 1.807) is 29.3 Å². The van der Waals surface area contributed by atoms with Crippen molar-refractivity contribution in [3.63, 3.8) is 0 Å². The van der Waals surface area contributed by atoms with Crippen molar-refractivity contribution in [1.82, 2.24) is 9.55 Å². The Kier molecular flexibility index (Phi) is 5.98. The number of thiazole rings is 2. The van der Waals surface area contributed by atoms with Crippen molar-refractivity contribution >= 4 is 67.3 Å². The lowest BCUT2D eigenvalue weighted by atomic mass is 10.3. The van der Waals surface area contributed by atoms with Crippen LogP contribution in [0.1, 0.15) is 0 Å². The average molecular weight is 424 g/mol. The molecule has 0 atom stereocenters. The lowest BCUT2D eigenvalue weighted by Gasteiger charge is -2.00. The number of nitrogens with one attached hydrogen (secondary N) is 1. The van der Waals surface area contributed by atoms with Crippen LogP contribution in [0.5, 0.6) is 0 Å². The quantitative estimate of drug-likeness (QED) is 0.480. The summed E-state index contributed by atoms with van der Waals surface area (Å²) >= 11 is 3.68. The molecule has 140 valence electrons. The first-order valence-electron chi connectivity index (χ1n) is 7.52. The van der Waals surface area contributed by atoms with E-state index in [-0.39, 0.29) is 29.0 Å². The molecule has 3 rings (SSSR count). The Labute approximate surface area is 164 Å². The van der Waals surface area contributed by atoms with Crippen molar-refractivity contribution in [1.29, 1.82) is 0 Å². The third kappa shape index (κ3) is 4.78. The predicted molar refractivity (Wildman–Crippen MR) is 106 cm³/mol. The van der Waals surface area contributed by atoms with Crippen LogP contribution in [-0.2, 0) is 16.6 Å². The molecule has 2 heterocycles. The Morgan fingerprint density at radius 2 is 2.22 bits per heavy atom. The number of anilines is 1. The van der Waals surface area contributed by atoms with Gasteiger partial charge in [-0.15, -0.1) is 23.1 Å². The molecule has 0 aliphatic heterocycles. The maximum atomic E-state index is 12.1. The molecule has 0 aliphatic carbocycles. The van der Waals surface area contributed by atoms with Gasteiger partial charge in [0.05, 0.1) is 26.6 Å². The summed E-state index contributed by atoms with van der Waals surface area (Å²) in [6, 6.07) is 4.50. The smallest absolute Gasteiger partial charge is 0.270 e. The molecule has 0 saturated heterocycles. The molecule has 12 heteroatoms. The summed E-state index contributed by atoms with van der Waals surface area (Å²) in [7, 11) is 1.74. The van der Waals surface area contributed by atoms with Gasteiger partial charge < -0.3 is 9.88 Å². The maximum Gasteiger partial charge on any atom is 0.270 e. The number of aromatic nitrogens is 2. The molecule has 1 aromatic carbocycles. The zero-order valence-electron chi connectivity index (χ0n) is 13.9. The van der Waals surface area contributed by atoms with Gasteiger partial charge in [-0.25, -0.2) is 4.98 Å². The first-order chi connectivity index (χ1) is 12.9. The van der Waals surface area contributed by atoms with Crippen molar-refractivity contribution in [2.24, 2.45) is 12.0 Å². The number of aryl methyl sites for hydroxylation is 1. The molecule has 0 radical (unpaired) electrons. The Bertz CT molecular complexity index is 1070. The van der Waals surface area contributed by atoms with Crippen LogP contribution in [0.25, 0.3) is 10.2 Å². The van der Waals surface area contributed by atoms with Gasteiger partial charge in [0.15, 0.2) is 9.93 Å². The summed E-state index contributed by atoms with van der Waals surface area (Å²) in [5, 5.41) is 15.8. The summed E-state index contributed by atoms with van der Waals surface area (Å²) in [6.45, 7) is 0. The molecule has 1 N–H and O–H groups in total. The van der Waals surface area contributed by atoms with E-state index in [2.05, 4.69) is 15.3 Å². The lowest BCUT2D eigenvalue weighted by Crippen LogP contribution is -2.17. The molecule has 2 amide bonds. The highest BCUT2D eigenvalue weighted by atomic mass is 32.2. The number of hydrogen-bond donors (Lipinski definition) is 1. The maximum absolute atomic E-state index is 12.1. The molecule has 3 aromatic rings. The van der Waals surface area contributed by atoms with E-state index in [0.29, 0.717) is 14.6 Å². The van der Waals surface area contributed by atoms with E-state index in [9.17, 15) is 19.7 Å². The number of amides is 2. The van der Waals surface area contributed by atoms with Gasteiger partial charge in [-0.1, -0.05) is 11.3 Å². The topological polar surface area (TPSA) is 119 Å². The van der Waals surface area contributed by atoms with Crippen LogP contribution in [0.15, 0.2) is 34.8 Å². The van der Waals surface area contributed by atoms with Crippen molar-refractivity contribution in [2.45, 2.75) is 0 Å². The minimum atomic E-state index is -0.464. The summed E-state index contributed by atoms with van der Waals surface area (Å²) in [6.07, 6.45) is 1.59. The molecule has 0 fully saturated rings. The normalized spacial score (nSPS) is 11.7. The van der Waals surface area contributed by atoms with Crippen LogP contribution in [0.4, 0.5) is 10.8 Å². The molecule has 2 aromatic heterocycles. The van der Waals surface area contributed by atoms with Crippen molar-refractivity contribution in [3.05, 3.63) is 44.7 Å². The van der Waals surface area contributed by atoms with Gasteiger partial charge in [-0.3, -0.25) is 19.7 Å². The van der Waals surface area contributed by atoms with Gasteiger partial charge in [0.1, 0.15) is 0 Å². The zero-order chi connectivity index (χ0) is 19.4. The number of benzene rings is 1. The second-order valence-electron chi connectivity index (χ2n) is 5.24. The van der Waals surface area contributed by atoms with Crippen LogP contribution >= 0.6 is 34.4 Å². The van der Waals surface area contributed by atoms with Gasteiger partial charge in [-0.2, -0.15) is 4.99 Å². The van der Waals surface area contributed by atoms with Crippen molar-refractivity contribution in [2.75, 3.05) is 16.8 Å². The highest BCUT2D eigenvalue weighted by molar-refractivity contribution is 8.00. The van der Waals surface area contributed by atoms with Crippen LogP contribution in [0.3, 0.4) is 0 Å². The SMILES string of the molecule is Cn1c(=NC(=O)CSCC(=O)Nc2nccs2)sc2cc([N+](=O)[O-])ccc21. The first-order valence-corrected chi connectivity index (χ1v) is 10.4. The third-order valence-electron chi connectivity index (χ3n) is 3.36. The second kappa shape index (κ2) is 8.41. The predicted octanol–water partition coefficient (Wildman–Crippen LogP) is 2.40. The van der Waals surface area contributed by atoms with E-state index in [1.165, 1.54) is 34.8 Å². The standard InChI is InChI=1S/C15H13N5O4S3/c1-19-10-3-2-9(20(23)24)6-11(10)27-15(19)18-13(22)8-25-7-12(21)17-14-16-4-5-26-14/h2-6H,7-8H2,1H3,(H,16,17,21). The highest BCUT2D eigenvalue weighted by Gasteiger charge is 2.11. The number of carbonyl (C=O) groups excluding carboxylic acids is 2. The van der Waals surface area contributed by atoms with E-state index in [0.717, 1.165) is 17.3 Å². The number of nitrogens with zero attached hydrogens (tertiary/aromatic N) is 4. The average Bonchev–Trinajstić information content (AvgIpc) is 3.23. The lowest BCUT2D eigenvalue weighted by molar-refractivity contribution is -0.384. The highest BCUT2D eigenvalue weighted by Crippen LogP contribution is 2.22. The first kappa shape index (κ1) is 19.2. The summed E-state index contributed by atoms with van der Waals surface area (Å²) < 4.78 is 2.38. The number of carbonyl (C=O) groups is 2. The summed E-state index contributed by atoms with van der Waals surface area (Å²) in [4.78, 5) is 42.7. The van der Waals surface area contributed by atoms with Gasteiger partial charge in [0, 0.05) is 30.8 Å². The molecule has 0 unspecified atom stereocenters. The Balaban J connectivity index is 1.63. The molecular weight excluding hydrogens is 410 g/mol. The molecule has 0 saturated carbocycles. The number of non-ortho nitro benzene ring substituents is 1. The number of rotatable bonds is 6. The molecule has 0 aliphatic rings. The number of thioether (sulfide) groups is 1. The second-order valence-corrected chi connectivity index (χ2v) is 8.13. The van der Waals surface area contributed by atoms with Crippen molar-refractivity contribution in [3.8, 4) is 0 Å². The van der Waals surface area contributed by atoms with E-state index >= 15 is 0 Å². The van der Waals surface area contributed by atoms with Crippen LogP contribution in [0.2, 0.25) is 0 Å². The molecule has 0 bridgehead atoms. The fraction of sp³-hybridized carbons (Fsp3) is 0.200. The van der Waals surface area contributed by atoms with Gasteiger partial charge >= 0.3 is 0 Å². The number of nitro groups is 1. The molecular formula is C15H13N5O4S3. The van der Waals surface area contributed by atoms with Crippen molar-refractivity contribution < 1.29 is 14.5 Å². The minimum absolute atomic E-state index is 0.0102. The molecule has 27 heavy (non-hydrogen) atoms. The third-order valence-corrected chi connectivity index (χ3v) is 6.06. The number of nitro benzene ring substituents is 1. The van der Waals surface area contributed by atoms with E-state index in [4.69, 9.17) is 0 Å². The van der Waals surface area contributed by atoms with Crippen LogP contribution < -0.4 is 10.1 Å². The fourth-order valence-corrected chi connectivity index (χ4v) is 4.37. The molecule has 9 nitrogen and oxygen atoms in total. The monoisotopic (exact) mass is 423 g/mol. The zero-order valence-corrected chi connectivity index (χ0v) is 16.4. The van der Waals surface area contributed by atoms with Gasteiger partial charge in [-0.05, 0) is 6.07 Å². The van der Waals surface area contributed by atoms with Crippen LogP contribution in [0, 0.1) is 10.1 Å². The summed E-state index contributed by atoms with van der Waals surface area (Å²) in [5.41, 5.74) is 0.747. The fourth-order valence-electron chi connectivity index (χ4n) is 2.15. The Morgan fingerprint density at radius 1 is 1.41 bits per heavy atom. The number of hydrogen-bond acceptors (Lipinski definition) is 8. The Hall–Kier alpha value is -2.57. The largest absolute Gasteiger partial charge is 0.319 e. The van der Waals surface area contributed by atoms with Gasteiger partial charge in [0.2, 0.25) is 5.91 Å². The van der Waals surface area contributed by atoms with Crippen LogP contribution in [-0.4, -0.2) is 37.8 Å². The van der Waals surface area contributed by atoms with E-state index < -0.39 is 4.92 Å².